The third kappa shape index (κ3) is 3.33. The molecule has 0 bridgehead atoms. The lowest BCUT2D eigenvalue weighted by atomic mass is 9.65. The molecule has 1 aromatic heterocycles. The number of hydrazone groups is 1. The zero-order valence-corrected chi connectivity index (χ0v) is 16.9. The van der Waals surface area contributed by atoms with Crippen LogP contribution >= 0.6 is 0 Å². The van der Waals surface area contributed by atoms with Gasteiger partial charge in [0.15, 0.2) is 0 Å². The van der Waals surface area contributed by atoms with Crippen LogP contribution in [0.3, 0.4) is 0 Å². The Morgan fingerprint density at radius 1 is 1.24 bits per heavy atom. The molecule has 150 valence electrons. The van der Waals surface area contributed by atoms with Gasteiger partial charge in [0.2, 0.25) is 5.91 Å². The van der Waals surface area contributed by atoms with Gasteiger partial charge in [0.1, 0.15) is 11.6 Å². The highest BCUT2D eigenvalue weighted by molar-refractivity contribution is 5.86. The van der Waals surface area contributed by atoms with E-state index in [1.807, 2.05) is 31.2 Å². The number of hydrogen-bond donors (Lipinski definition) is 2. The second kappa shape index (κ2) is 7.10. The van der Waals surface area contributed by atoms with Gasteiger partial charge in [-0.25, -0.2) is 14.8 Å². The number of amides is 1. The van der Waals surface area contributed by atoms with Crippen molar-refractivity contribution in [2.75, 3.05) is 0 Å². The summed E-state index contributed by atoms with van der Waals surface area (Å²) in [4.78, 5) is 21.3. The molecule has 0 saturated heterocycles. The molecule has 2 atom stereocenters. The maximum absolute atomic E-state index is 13.3. The number of H-pyrrole nitrogens is 1. The SMILES string of the molecule is CC1(C)[C@@H](c2nc3ccccc3[nH]2)CC[C@]1(C)C(=O)N/N=C\c1cccc(F)c1. The Kier molecular flexibility index (Phi) is 4.73. The average Bonchev–Trinajstić information content (AvgIpc) is 3.20. The van der Waals surface area contributed by atoms with Crippen LogP contribution in [0.1, 0.15) is 50.9 Å². The minimum absolute atomic E-state index is 0.131. The largest absolute Gasteiger partial charge is 0.342 e. The fourth-order valence-corrected chi connectivity index (χ4v) is 4.40. The monoisotopic (exact) mass is 392 g/mol. The number of rotatable bonds is 4. The lowest BCUT2D eigenvalue weighted by molar-refractivity contribution is -0.135. The van der Waals surface area contributed by atoms with E-state index in [0.29, 0.717) is 5.56 Å². The number of aromatic amines is 1. The Morgan fingerprint density at radius 3 is 2.79 bits per heavy atom. The predicted molar refractivity (Wildman–Crippen MR) is 112 cm³/mol. The van der Waals surface area contributed by atoms with Gasteiger partial charge in [0.25, 0.3) is 0 Å². The van der Waals surface area contributed by atoms with Crippen LogP contribution < -0.4 is 5.43 Å². The highest BCUT2D eigenvalue weighted by Gasteiger charge is 2.57. The van der Waals surface area contributed by atoms with Crippen molar-refractivity contribution < 1.29 is 9.18 Å². The van der Waals surface area contributed by atoms with Crippen LogP contribution in [0.2, 0.25) is 0 Å². The van der Waals surface area contributed by atoms with Crippen LogP contribution in [0.15, 0.2) is 53.6 Å². The Morgan fingerprint density at radius 2 is 2.03 bits per heavy atom. The van der Waals surface area contributed by atoms with E-state index in [0.717, 1.165) is 29.7 Å². The molecule has 1 heterocycles. The second-order valence-corrected chi connectivity index (χ2v) is 8.54. The Balaban J connectivity index is 1.53. The second-order valence-electron chi connectivity index (χ2n) is 8.54. The molecule has 0 spiro atoms. The number of aromatic nitrogens is 2. The van der Waals surface area contributed by atoms with E-state index in [4.69, 9.17) is 4.98 Å². The van der Waals surface area contributed by atoms with E-state index in [-0.39, 0.29) is 23.1 Å². The molecule has 0 unspecified atom stereocenters. The minimum atomic E-state index is -0.601. The van der Waals surface area contributed by atoms with Crippen LogP contribution in [-0.4, -0.2) is 22.1 Å². The lowest BCUT2D eigenvalue weighted by Gasteiger charge is -2.39. The van der Waals surface area contributed by atoms with E-state index in [1.54, 1.807) is 12.1 Å². The van der Waals surface area contributed by atoms with Crippen molar-refractivity contribution in [3.05, 3.63) is 65.7 Å². The van der Waals surface area contributed by atoms with E-state index >= 15 is 0 Å². The zero-order chi connectivity index (χ0) is 20.6. The summed E-state index contributed by atoms with van der Waals surface area (Å²) in [5.41, 5.74) is 4.29. The van der Waals surface area contributed by atoms with Gasteiger partial charge in [-0.15, -0.1) is 0 Å². The van der Waals surface area contributed by atoms with Crippen molar-refractivity contribution in [3.63, 3.8) is 0 Å². The van der Waals surface area contributed by atoms with Crippen LogP contribution in [0.4, 0.5) is 4.39 Å². The minimum Gasteiger partial charge on any atom is -0.342 e. The highest BCUT2D eigenvalue weighted by Crippen LogP contribution is 2.59. The molecule has 1 saturated carbocycles. The average molecular weight is 392 g/mol. The van der Waals surface area contributed by atoms with Crippen molar-refractivity contribution in [1.29, 1.82) is 0 Å². The smallest absolute Gasteiger partial charge is 0.246 e. The molecular weight excluding hydrogens is 367 g/mol. The Hall–Kier alpha value is -3.02. The first-order valence-corrected chi connectivity index (χ1v) is 9.85. The lowest BCUT2D eigenvalue weighted by Crippen LogP contribution is -2.45. The zero-order valence-electron chi connectivity index (χ0n) is 16.9. The van der Waals surface area contributed by atoms with Crippen LogP contribution in [-0.2, 0) is 4.79 Å². The summed E-state index contributed by atoms with van der Waals surface area (Å²) in [7, 11) is 0. The standard InChI is InChI=1S/C23H25FN4O/c1-22(2)17(20-26-18-9-4-5-10-19(18)27-20)11-12-23(22,3)21(29)28-25-14-15-7-6-8-16(24)13-15/h4-10,13-14,17H,11-12H2,1-3H3,(H,26,27)(H,28,29)/b25-14-/t17-,23-/m1/s1. The molecule has 5 nitrogen and oxygen atoms in total. The summed E-state index contributed by atoms with van der Waals surface area (Å²) < 4.78 is 13.3. The van der Waals surface area contributed by atoms with E-state index in [9.17, 15) is 9.18 Å². The molecular formula is C23H25FN4O. The van der Waals surface area contributed by atoms with Crippen molar-refractivity contribution in [2.24, 2.45) is 15.9 Å². The molecule has 4 rings (SSSR count). The number of nitrogens with one attached hydrogen (secondary N) is 2. The molecule has 1 fully saturated rings. The quantitative estimate of drug-likeness (QED) is 0.496. The number of fused-ring (bicyclic) bond motifs is 1. The molecule has 6 heteroatoms. The van der Waals surface area contributed by atoms with E-state index < -0.39 is 5.41 Å². The number of carbonyl (C=O) groups excluding carboxylic acids is 1. The number of para-hydroxylation sites is 2. The number of carbonyl (C=O) groups is 1. The molecule has 1 aliphatic carbocycles. The van der Waals surface area contributed by atoms with Crippen molar-refractivity contribution in [1.82, 2.24) is 15.4 Å². The van der Waals surface area contributed by atoms with Crippen LogP contribution in [0.5, 0.6) is 0 Å². The summed E-state index contributed by atoms with van der Waals surface area (Å²) in [5.74, 6) is 0.598. The summed E-state index contributed by atoms with van der Waals surface area (Å²) in [6.45, 7) is 6.23. The van der Waals surface area contributed by atoms with Gasteiger partial charge in [0.05, 0.1) is 22.7 Å². The fourth-order valence-electron chi connectivity index (χ4n) is 4.40. The van der Waals surface area contributed by atoms with Gasteiger partial charge in [-0.2, -0.15) is 5.10 Å². The van der Waals surface area contributed by atoms with Crippen LogP contribution in [0, 0.1) is 16.6 Å². The molecule has 2 aromatic carbocycles. The molecule has 2 N–H and O–H groups in total. The van der Waals surface area contributed by atoms with Gasteiger partial charge in [-0.3, -0.25) is 4.79 Å². The van der Waals surface area contributed by atoms with Gasteiger partial charge < -0.3 is 4.98 Å². The normalized spacial score (nSPS) is 23.7. The van der Waals surface area contributed by atoms with Crippen molar-refractivity contribution >= 4 is 23.2 Å². The summed E-state index contributed by atoms with van der Waals surface area (Å²) in [6, 6.07) is 14.0. The van der Waals surface area contributed by atoms with E-state index in [1.165, 1.54) is 18.3 Å². The number of imidazole rings is 1. The Labute approximate surface area is 169 Å². The fraction of sp³-hybridized carbons (Fsp3) is 0.348. The maximum Gasteiger partial charge on any atom is 0.246 e. The molecule has 0 aliphatic heterocycles. The van der Waals surface area contributed by atoms with Crippen molar-refractivity contribution in [2.45, 2.75) is 39.5 Å². The summed E-state index contributed by atoms with van der Waals surface area (Å²) in [5, 5.41) is 4.06. The van der Waals surface area contributed by atoms with Gasteiger partial charge in [0, 0.05) is 5.92 Å². The number of benzene rings is 2. The third-order valence-corrected chi connectivity index (χ3v) is 6.69. The highest BCUT2D eigenvalue weighted by atomic mass is 19.1. The molecule has 1 amide bonds. The maximum atomic E-state index is 13.3. The Bertz CT molecular complexity index is 1050. The summed E-state index contributed by atoms with van der Waals surface area (Å²) in [6.07, 6.45) is 3.07. The predicted octanol–water partition coefficient (Wildman–Crippen LogP) is 4.76. The first-order valence-electron chi connectivity index (χ1n) is 9.85. The number of halogens is 1. The van der Waals surface area contributed by atoms with Crippen LogP contribution in [0.25, 0.3) is 11.0 Å². The molecule has 0 radical (unpaired) electrons. The van der Waals surface area contributed by atoms with E-state index in [2.05, 4.69) is 29.4 Å². The first kappa shape index (κ1) is 19.3. The molecule has 3 aromatic rings. The number of hydrogen-bond acceptors (Lipinski definition) is 3. The van der Waals surface area contributed by atoms with Gasteiger partial charge >= 0.3 is 0 Å². The topological polar surface area (TPSA) is 70.1 Å². The third-order valence-electron chi connectivity index (χ3n) is 6.69. The van der Waals surface area contributed by atoms with Gasteiger partial charge in [-0.05, 0) is 48.1 Å². The molecule has 29 heavy (non-hydrogen) atoms. The van der Waals surface area contributed by atoms with Gasteiger partial charge in [-0.1, -0.05) is 45.0 Å². The first-order chi connectivity index (χ1) is 13.8. The van der Waals surface area contributed by atoms with Crippen molar-refractivity contribution in [3.8, 4) is 0 Å². The molecule has 1 aliphatic rings. The summed E-state index contributed by atoms with van der Waals surface area (Å²) >= 11 is 0. The number of nitrogens with zero attached hydrogens (tertiary/aromatic N) is 2.